The predicted octanol–water partition coefficient (Wildman–Crippen LogP) is 4.34. The van der Waals surface area contributed by atoms with E-state index in [9.17, 15) is 4.79 Å². The zero-order valence-corrected chi connectivity index (χ0v) is 21.3. The van der Waals surface area contributed by atoms with Gasteiger partial charge in [-0.3, -0.25) is 4.79 Å². The van der Waals surface area contributed by atoms with Crippen LogP contribution in [0.3, 0.4) is 0 Å². The molecule has 9 heteroatoms. The normalized spacial score (nSPS) is 17.8. The average molecular weight is 517 g/mol. The molecule has 4 aromatic rings. The molecule has 0 aliphatic carbocycles. The molecular weight excluding hydrogens is 488 g/mol. The first kappa shape index (κ1) is 23.9. The van der Waals surface area contributed by atoms with Crippen LogP contribution in [0, 0.1) is 0 Å². The standard InChI is InChI=1S/C28H29ClN6O2/c29-24(20-7-3-1-4-8-20)28(36)34-15-13-33(14-16-34)26-23-19-30-35(22-9-5-2-6-10-22)27(23)32-25(31-26)21-11-17-37-18-12-21/h1-10,19,21,24H,11-18H2. The number of carbonyl (C=O) groups excluding carboxylic acids is 1. The van der Waals surface area contributed by atoms with E-state index in [1.165, 1.54) is 0 Å². The fraction of sp³-hybridized carbons (Fsp3) is 0.357. The maximum atomic E-state index is 13.1. The summed E-state index contributed by atoms with van der Waals surface area (Å²) < 4.78 is 7.48. The molecule has 2 aromatic heterocycles. The first-order valence-electron chi connectivity index (χ1n) is 12.8. The number of aromatic nitrogens is 4. The van der Waals surface area contributed by atoms with E-state index >= 15 is 0 Å². The summed E-state index contributed by atoms with van der Waals surface area (Å²) in [4.78, 5) is 27.3. The van der Waals surface area contributed by atoms with Crippen LogP contribution in [0.15, 0.2) is 66.9 Å². The molecule has 0 N–H and O–H groups in total. The van der Waals surface area contributed by atoms with Gasteiger partial charge in [-0.05, 0) is 30.5 Å². The molecule has 6 rings (SSSR count). The number of amides is 1. The third-order valence-electron chi connectivity index (χ3n) is 7.21. The molecule has 2 saturated heterocycles. The van der Waals surface area contributed by atoms with E-state index < -0.39 is 5.38 Å². The zero-order chi connectivity index (χ0) is 25.2. The Labute approximate surface area is 220 Å². The summed E-state index contributed by atoms with van der Waals surface area (Å²) in [5, 5.41) is 4.93. The van der Waals surface area contributed by atoms with Gasteiger partial charge in [0, 0.05) is 45.3 Å². The topological polar surface area (TPSA) is 76.4 Å². The van der Waals surface area contributed by atoms with Crippen LogP contribution in [0.4, 0.5) is 5.82 Å². The van der Waals surface area contributed by atoms with Gasteiger partial charge >= 0.3 is 0 Å². The second-order valence-electron chi connectivity index (χ2n) is 9.51. The largest absolute Gasteiger partial charge is 0.381 e. The van der Waals surface area contributed by atoms with E-state index in [0.717, 1.165) is 60.0 Å². The Morgan fingerprint density at radius 3 is 2.30 bits per heavy atom. The molecule has 1 amide bonds. The highest BCUT2D eigenvalue weighted by Crippen LogP contribution is 2.32. The number of fused-ring (bicyclic) bond motifs is 1. The number of anilines is 1. The van der Waals surface area contributed by atoms with Gasteiger partial charge < -0.3 is 14.5 Å². The number of hydrogen-bond acceptors (Lipinski definition) is 6. The summed E-state index contributed by atoms with van der Waals surface area (Å²) in [5.41, 5.74) is 2.59. The smallest absolute Gasteiger partial charge is 0.245 e. The van der Waals surface area contributed by atoms with Gasteiger partial charge in [-0.2, -0.15) is 5.10 Å². The van der Waals surface area contributed by atoms with Crippen molar-refractivity contribution in [1.82, 2.24) is 24.6 Å². The molecule has 190 valence electrons. The highest BCUT2D eigenvalue weighted by atomic mass is 35.5. The summed E-state index contributed by atoms with van der Waals surface area (Å²) in [6, 6.07) is 19.6. The van der Waals surface area contributed by atoms with Crippen molar-refractivity contribution in [3.8, 4) is 5.69 Å². The Hall–Kier alpha value is -3.49. The summed E-state index contributed by atoms with van der Waals surface area (Å²) in [7, 11) is 0. The van der Waals surface area contributed by atoms with Gasteiger partial charge in [0.1, 0.15) is 17.0 Å². The number of benzene rings is 2. The minimum atomic E-state index is -0.678. The molecule has 0 saturated carbocycles. The molecule has 2 fully saturated rings. The van der Waals surface area contributed by atoms with Gasteiger partial charge in [0.25, 0.3) is 0 Å². The Kier molecular flexibility index (Phi) is 6.76. The van der Waals surface area contributed by atoms with Crippen LogP contribution in [0.1, 0.15) is 35.5 Å². The maximum Gasteiger partial charge on any atom is 0.245 e. The van der Waals surface area contributed by atoms with Crippen LogP contribution in [0.2, 0.25) is 0 Å². The minimum Gasteiger partial charge on any atom is -0.381 e. The third-order valence-corrected chi connectivity index (χ3v) is 7.65. The highest BCUT2D eigenvalue weighted by molar-refractivity contribution is 6.30. The molecule has 2 aliphatic rings. The Morgan fingerprint density at radius 1 is 0.919 bits per heavy atom. The lowest BCUT2D eigenvalue weighted by Gasteiger charge is -2.36. The van der Waals surface area contributed by atoms with Crippen molar-refractivity contribution >= 4 is 34.4 Å². The van der Waals surface area contributed by atoms with Crippen molar-refractivity contribution in [2.45, 2.75) is 24.1 Å². The van der Waals surface area contributed by atoms with E-state index in [2.05, 4.69) is 10.00 Å². The molecule has 1 unspecified atom stereocenters. The maximum absolute atomic E-state index is 13.1. The summed E-state index contributed by atoms with van der Waals surface area (Å²) in [5.74, 6) is 1.92. The molecule has 1 atom stereocenters. The quantitative estimate of drug-likeness (QED) is 0.367. The van der Waals surface area contributed by atoms with Gasteiger partial charge in [-0.1, -0.05) is 48.5 Å². The molecule has 0 bridgehead atoms. The van der Waals surface area contributed by atoms with Crippen molar-refractivity contribution < 1.29 is 9.53 Å². The van der Waals surface area contributed by atoms with Crippen molar-refractivity contribution in [2.24, 2.45) is 0 Å². The lowest BCUT2D eigenvalue weighted by molar-refractivity contribution is -0.131. The second kappa shape index (κ2) is 10.5. The Bertz CT molecular complexity index is 1370. The lowest BCUT2D eigenvalue weighted by Crippen LogP contribution is -2.50. The number of para-hydroxylation sites is 1. The van der Waals surface area contributed by atoms with Crippen LogP contribution in [-0.2, 0) is 9.53 Å². The van der Waals surface area contributed by atoms with E-state index in [-0.39, 0.29) is 11.8 Å². The van der Waals surface area contributed by atoms with Crippen molar-refractivity contribution in [3.05, 3.63) is 78.2 Å². The van der Waals surface area contributed by atoms with Crippen LogP contribution in [0.5, 0.6) is 0 Å². The number of halogens is 1. The number of rotatable bonds is 5. The van der Waals surface area contributed by atoms with Crippen LogP contribution < -0.4 is 4.90 Å². The molecule has 4 heterocycles. The molecule has 2 aromatic carbocycles. The van der Waals surface area contributed by atoms with Crippen LogP contribution in [-0.4, -0.2) is 69.9 Å². The Balaban J connectivity index is 1.29. The van der Waals surface area contributed by atoms with Gasteiger partial charge in [0.15, 0.2) is 5.65 Å². The first-order chi connectivity index (χ1) is 18.2. The van der Waals surface area contributed by atoms with Gasteiger partial charge in [0.2, 0.25) is 5.91 Å². The van der Waals surface area contributed by atoms with Crippen LogP contribution >= 0.6 is 11.6 Å². The van der Waals surface area contributed by atoms with Crippen molar-refractivity contribution in [2.75, 3.05) is 44.3 Å². The molecule has 0 radical (unpaired) electrons. The molecular formula is C28H29ClN6O2. The zero-order valence-electron chi connectivity index (χ0n) is 20.5. The summed E-state index contributed by atoms with van der Waals surface area (Å²) in [6.45, 7) is 3.95. The Morgan fingerprint density at radius 2 is 1.59 bits per heavy atom. The van der Waals surface area contributed by atoms with E-state index in [1.54, 1.807) is 0 Å². The molecule has 37 heavy (non-hydrogen) atoms. The first-order valence-corrected chi connectivity index (χ1v) is 13.2. The molecule has 8 nitrogen and oxygen atoms in total. The average Bonchev–Trinajstić information content (AvgIpc) is 3.41. The molecule has 2 aliphatic heterocycles. The number of alkyl halides is 1. The fourth-order valence-electron chi connectivity index (χ4n) is 5.11. The third kappa shape index (κ3) is 4.79. The van der Waals surface area contributed by atoms with Gasteiger partial charge in [-0.25, -0.2) is 14.6 Å². The van der Waals surface area contributed by atoms with Crippen LogP contribution in [0.25, 0.3) is 16.7 Å². The number of carbonyl (C=O) groups is 1. The number of piperazine rings is 1. The fourth-order valence-corrected chi connectivity index (χ4v) is 5.39. The SMILES string of the molecule is O=C(C(Cl)c1ccccc1)N1CCN(c2nc(C3CCOCC3)nc3c2cnn3-c2ccccc2)CC1. The van der Waals surface area contributed by atoms with E-state index in [0.29, 0.717) is 26.2 Å². The van der Waals surface area contributed by atoms with Crippen molar-refractivity contribution in [3.63, 3.8) is 0 Å². The molecule has 0 spiro atoms. The van der Waals surface area contributed by atoms with Gasteiger partial charge in [0.05, 0.1) is 17.3 Å². The lowest BCUT2D eigenvalue weighted by atomic mass is 9.99. The van der Waals surface area contributed by atoms with E-state index in [4.69, 9.17) is 26.3 Å². The minimum absolute atomic E-state index is 0.0554. The summed E-state index contributed by atoms with van der Waals surface area (Å²) >= 11 is 6.54. The number of hydrogen-bond donors (Lipinski definition) is 0. The van der Waals surface area contributed by atoms with Gasteiger partial charge in [-0.15, -0.1) is 11.6 Å². The second-order valence-corrected chi connectivity index (χ2v) is 9.94. The van der Waals surface area contributed by atoms with E-state index in [1.807, 2.05) is 76.4 Å². The predicted molar refractivity (Wildman–Crippen MR) is 143 cm³/mol. The monoisotopic (exact) mass is 516 g/mol. The number of ether oxygens (including phenoxy) is 1. The van der Waals surface area contributed by atoms with Crippen molar-refractivity contribution in [1.29, 1.82) is 0 Å². The summed E-state index contributed by atoms with van der Waals surface area (Å²) in [6.07, 6.45) is 3.67. The highest BCUT2D eigenvalue weighted by Gasteiger charge is 2.30. The number of nitrogens with zero attached hydrogens (tertiary/aromatic N) is 6.